The summed E-state index contributed by atoms with van der Waals surface area (Å²) < 4.78 is 32.7. The van der Waals surface area contributed by atoms with Crippen LogP contribution in [-0.4, -0.2) is 40.9 Å². The van der Waals surface area contributed by atoms with Crippen molar-refractivity contribution in [3.8, 4) is 39.4 Å². The van der Waals surface area contributed by atoms with E-state index in [1.54, 1.807) is 30.3 Å². The van der Waals surface area contributed by atoms with Gasteiger partial charge in [-0.2, -0.15) is 0 Å². The van der Waals surface area contributed by atoms with E-state index in [9.17, 15) is 13.5 Å². The normalized spacial score (nSPS) is 11.7. The van der Waals surface area contributed by atoms with Crippen molar-refractivity contribution in [1.29, 1.82) is 0 Å². The minimum Gasteiger partial charge on any atom is -0.440 e. The monoisotopic (exact) mass is 547 g/mol. The molecule has 0 saturated heterocycles. The number of benzene rings is 3. The van der Waals surface area contributed by atoms with Crippen LogP contribution in [0.15, 0.2) is 82.2 Å². The Kier molecular flexibility index (Phi) is 6.96. The van der Waals surface area contributed by atoms with Crippen LogP contribution in [0.5, 0.6) is 0 Å². The summed E-state index contributed by atoms with van der Waals surface area (Å²) in [6, 6.07) is 20.1. The highest BCUT2D eigenvalue weighted by Gasteiger charge is 2.22. The van der Waals surface area contributed by atoms with Crippen LogP contribution in [0.3, 0.4) is 0 Å². The summed E-state index contributed by atoms with van der Waals surface area (Å²) in [6.45, 7) is 3.75. The maximum atomic E-state index is 12.2. The number of sulfone groups is 1. The molecule has 9 heteroatoms. The van der Waals surface area contributed by atoms with Gasteiger partial charge in [-0.05, 0) is 61.4 Å². The van der Waals surface area contributed by atoms with Crippen LogP contribution in [0.1, 0.15) is 17.4 Å². The number of rotatable bonds is 7. The van der Waals surface area contributed by atoms with Crippen LogP contribution < -0.4 is 0 Å². The summed E-state index contributed by atoms with van der Waals surface area (Å²) in [5.74, 6) is 1.73. The molecule has 0 aliphatic rings. The second-order valence-corrected chi connectivity index (χ2v) is 11.5. The molecule has 5 rings (SSSR count). The number of oxazole rings is 1. The zero-order chi connectivity index (χ0) is 27.0. The van der Waals surface area contributed by atoms with Gasteiger partial charge in [-0.15, -0.1) is 0 Å². The molecule has 5 aromatic rings. The zero-order valence-corrected chi connectivity index (χ0v) is 22.7. The van der Waals surface area contributed by atoms with Crippen molar-refractivity contribution in [3.63, 3.8) is 0 Å². The molecule has 1 N–H and O–H groups in total. The van der Waals surface area contributed by atoms with E-state index in [0.29, 0.717) is 22.4 Å². The van der Waals surface area contributed by atoms with Gasteiger partial charge in [-0.1, -0.05) is 41.9 Å². The number of aliphatic hydroxyl groups excluding tert-OH is 1. The quantitative estimate of drug-likeness (QED) is 0.265. The van der Waals surface area contributed by atoms with Crippen molar-refractivity contribution < 1.29 is 17.9 Å². The van der Waals surface area contributed by atoms with Crippen LogP contribution >= 0.6 is 11.6 Å². The predicted molar refractivity (Wildman–Crippen MR) is 148 cm³/mol. The van der Waals surface area contributed by atoms with E-state index < -0.39 is 9.84 Å². The second-order valence-electron chi connectivity index (χ2n) is 9.10. The van der Waals surface area contributed by atoms with Crippen molar-refractivity contribution in [2.75, 3.05) is 12.9 Å². The maximum absolute atomic E-state index is 12.2. The number of nitrogens with zero attached hydrogens (tertiary/aromatic N) is 3. The third-order valence-electron chi connectivity index (χ3n) is 6.21. The third-order valence-corrected chi connectivity index (χ3v) is 7.58. The lowest BCUT2D eigenvalue weighted by atomic mass is 9.98. The van der Waals surface area contributed by atoms with Crippen LogP contribution in [0.2, 0.25) is 5.02 Å². The van der Waals surface area contributed by atoms with Gasteiger partial charge in [-0.3, -0.25) is 0 Å². The van der Waals surface area contributed by atoms with E-state index in [1.165, 1.54) is 6.26 Å². The summed E-state index contributed by atoms with van der Waals surface area (Å²) in [4.78, 5) is 9.53. The largest absolute Gasteiger partial charge is 0.440 e. The first-order chi connectivity index (χ1) is 18.1. The minimum atomic E-state index is -3.37. The molecule has 0 spiro atoms. The van der Waals surface area contributed by atoms with Gasteiger partial charge >= 0.3 is 0 Å². The number of hydrogen-bond acceptors (Lipinski definition) is 6. The van der Waals surface area contributed by atoms with E-state index in [1.807, 2.05) is 61.0 Å². The molecule has 3 aromatic carbocycles. The molecule has 0 radical (unpaired) electrons. The fourth-order valence-corrected chi connectivity index (χ4v) is 5.22. The SMILES string of the molecule is Cc1cn(-c2ccc(-c3cccc(S(C)(=O)=O)c3)cc2-c2oc(CCO)nc2-c2ccc(Cl)cc2)c(C)n1. The van der Waals surface area contributed by atoms with Crippen molar-refractivity contribution in [3.05, 3.63) is 95.4 Å². The smallest absolute Gasteiger partial charge is 0.197 e. The van der Waals surface area contributed by atoms with Gasteiger partial charge < -0.3 is 14.1 Å². The van der Waals surface area contributed by atoms with Gasteiger partial charge in [0.1, 0.15) is 11.5 Å². The number of aryl methyl sites for hydroxylation is 2. The molecule has 2 heterocycles. The summed E-state index contributed by atoms with van der Waals surface area (Å²) >= 11 is 6.14. The molecule has 0 aliphatic carbocycles. The van der Waals surface area contributed by atoms with E-state index in [4.69, 9.17) is 21.0 Å². The Morgan fingerprint density at radius 2 is 1.66 bits per heavy atom. The van der Waals surface area contributed by atoms with E-state index >= 15 is 0 Å². The first-order valence-electron chi connectivity index (χ1n) is 12.0. The number of aliphatic hydroxyl groups is 1. The number of aromatic nitrogens is 3. The molecule has 0 saturated carbocycles. The van der Waals surface area contributed by atoms with Gasteiger partial charge in [-0.25, -0.2) is 18.4 Å². The Balaban J connectivity index is 1.78. The molecule has 0 amide bonds. The molecule has 38 heavy (non-hydrogen) atoms. The summed E-state index contributed by atoms with van der Waals surface area (Å²) in [5.41, 5.74) is 5.43. The van der Waals surface area contributed by atoms with Gasteiger partial charge in [0.25, 0.3) is 0 Å². The van der Waals surface area contributed by atoms with Crippen molar-refractivity contribution >= 4 is 21.4 Å². The molecule has 7 nitrogen and oxygen atoms in total. The number of halogens is 1. The van der Waals surface area contributed by atoms with Crippen molar-refractivity contribution in [1.82, 2.24) is 14.5 Å². The average molecular weight is 548 g/mol. The molecular formula is C29H26ClN3O4S. The Morgan fingerprint density at radius 1 is 0.947 bits per heavy atom. The molecule has 2 aromatic heterocycles. The predicted octanol–water partition coefficient (Wildman–Crippen LogP) is 6.07. The van der Waals surface area contributed by atoms with Crippen LogP contribution in [-0.2, 0) is 16.3 Å². The molecule has 0 fully saturated rings. The standard InChI is InChI=1S/C29H26ClN3O4S/c1-18-17-33(19(2)31-18)26-12-9-22(21-5-4-6-24(15-21)38(3,35)36)16-25(26)29-28(32-27(37-29)13-14-34)20-7-10-23(30)11-8-20/h4-12,15-17,34H,13-14H2,1-3H3. The molecule has 0 atom stereocenters. The van der Waals surface area contributed by atoms with Crippen LogP contribution in [0.25, 0.3) is 39.4 Å². The highest BCUT2D eigenvalue weighted by atomic mass is 35.5. The second kappa shape index (κ2) is 10.2. The average Bonchev–Trinajstić information content (AvgIpc) is 3.46. The molecule has 194 valence electrons. The zero-order valence-electron chi connectivity index (χ0n) is 21.1. The summed E-state index contributed by atoms with van der Waals surface area (Å²) in [7, 11) is -3.37. The Hall–Kier alpha value is -3.72. The van der Waals surface area contributed by atoms with Gasteiger partial charge in [0.2, 0.25) is 0 Å². The van der Waals surface area contributed by atoms with Gasteiger partial charge in [0.05, 0.1) is 22.9 Å². The van der Waals surface area contributed by atoms with Crippen molar-refractivity contribution in [2.45, 2.75) is 25.2 Å². The third kappa shape index (κ3) is 5.15. The number of hydrogen-bond donors (Lipinski definition) is 1. The highest BCUT2D eigenvalue weighted by Crippen LogP contribution is 2.39. The van der Waals surface area contributed by atoms with Crippen LogP contribution in [0, 0.1) is 13.8 Å². The lowest BCUT2D eigenvalue weighted by molar-refractivity contribution is 0.285. The van der Waals surface area contributed by atoms with E-state index in [0.717, 1.165) is 39.5 Å². The number of imidazole rings is 1. The van der Waals surface area contributed by atoms with Gasteiger partial charge in [0.15, 0.2) is 21.5 Å². The molecule has 0 aliphatic heterocycles. The Morgan fingerprint density at radius 3 is 2.32 bits per heavy atom. The first kappa shape index (κ1) is 25.9. The summed E-state index contributed by atoms with van der Waals surface area (Å²) in [6.07, 6.45) is 3.40. The lowest BCUT2D eigenvalue weighted by Crippen LogP contribution is -2.00. The Labute approximate surface area is 226 Å². The fourth-order valence-electron chi connectivity index (χ4n) is 4.43. The minimum absolute atomic E-state index is 0.106. The highest BCUT2D eigenvalue weighted by molar-refractivity contribution is 7.90. The van der Waals surface area contributed by atoms with E-state index in [-0.39, 0.29) is 17.9 Å². The molecule has 0 unspecified atom stereocenters. The fraction of sp³-hybridized carbons (Fsp3) is 0.172. The Bertz CT molecular complexity index is 1740. The molecular weight excluding hydrogens is 522 g/mol. The maximum Gasteiger partial charge on any atom is 0.197 e. The topological polar surface area (TPSA) is 98.2 Å². The van der Waals surface area contributed by atoms with Gasteiger partial charge in [0, 0.05) is 35.0 Å². The molecule has 0 bridgehead atoms. The first-order valence-corrected chi connectivity index (χ1v) is 14.3. The van der Waals surface area contributed by atoms with E-state index in [2.05, 4.69) is 4.98 Å². The van der Waals surface area contributed by atoms with Crippen LogP contribution in [0.4, 0.5) is 0 Å². The van der Waals surface area contributed by atoms with Crippen molar-refractivity contribution in [2.24, 2.45) is 0 Å². The lowest BCUT2D eigenvalue weighted by Gasteiger charge is -2.14. The summed E-state index contributed by atoms with van der Waals surface area (Å²) in [5, 5.41) is 10.2.